The molecule has 0 rings (SSSR count). The van der Waals surface area contributed by atoms with Gasteiger partial charge >= 0.3 is 11.7 Å². The maximum atomic E-state index is 12.0. The Hall–Kier alpha value is -0.133. The second kappa shape index (κ2) is 2.48. The first-order valence-electron chi connectivity index (χ1n) is 2.44. The highest BCUT2D eigenvalue weighted by atomic mass is 28.3. The van der Waals surface area contributed by atoms with Crippen molar-refractivity contribution in [1.82, 2.24) is 0 Å². The smallest absolute Gasteiger partial charge is 0.202 e. The molecule has 0 aliphatic rings. The summed E-state index contributed by atoms with van der Waals surface area (Å²) >= 11 is 0. The number of halogens is 5. The first kappa shape index (κ1) is 9.87. The Balaban J connectivity index is 4.40. The van der Waals surface area contributed by atoms with Gasteiger partial charge in [-0.15, -0.1) is 0 Å². The molecule has 0 unspecified atom stereocenters. The van der Waals surface area contributed by atoms with E-state index in [9.17, 15) is 22.0 Å². The van der Waals surface area contributed by atoms with Crippen LogP contribution in [-0.4, -0.2) is 20.5 Å². The van der Waals surface area contributed by atoms with Crippen molar-refractivity contribution in [2.75, 3.05) is 0 Å². The number of rotatable bonds is 1. The molecule has 0 aliphatic heterocycles. The molecule has 0 aliphatic carbocycles. The maximum Gasteiger partial charge on any atom is 0.448 e. The lowest BCUT2D eigenvalue weighted by Gasteiger charge is -2.21. The summed E-state index contributed by atoms with van der Waals surface area (Å²) in [6, 6.07) is 0. The molecule has 0 amide bonds. The van der Waals surface area contributed by atoms with Gasteiger partial charge in [-0.3, -0.25) is 0 Å². The molecule has 0 nitrogen and oxygen atoms in total. The summed E-state index contributed by atoms with van der Waals surface area (Å²) in [5, 5.41) is 0. The van der Waals surface area contributed by atoms with Crippen molar-refractivity contribution in [2.24, 2.45) is 0 Å². The molecule has 0 aromatic heterocycles. The maximum absolute atomic E-state index is 12.0. The summed E-state index contributed by atoms with van der Waals surface area (Å²) in [7, 11) is -2.63. The van der Waals surface area contributed by atoms with Crippen molar-refractivity contribution in [3.8, 4) is 0 Å². The first-order chi connectivity index (χ1) is 4.19. The van der Waals surface area contributed by atoms with Crippen molar-refractivity contribution in [3.63, 3.8) is 0 Å². The summed E-state index contributed by atoms with van der Waals surface area (Å²) in [5.41, 5.74) is -4.46. The van der Waals surface area contributed by atoms with Crippen LogP contribution >= 0.6 is 0 Å². The van der Waals surface area contributed by atoms with Crippen molar-refractivity contribution in [1.29, 1.82) is 0 Å². The molecule has 0 saturated carbocycles. The lowest BCUT2D eigenvalue weighted by Crippen LogP contribution is -2.46. The minimum Gasteiger partial charge on any atom is -0.202 e. The average Bonchev–Trinajstić information content (AvgIpc) is 1.62. The van der Waals surface area contributed by atoms with E-state index in [4.69, 9.17) is 0 Å². The molecule has 0 spiro atoms. The van der Waals surface area contributed by atoms with Gasteiger partial charge in [0, 0.05) is 0 Å². The van der Waals surface area contributed by atoms with E-state index in [1.54, 1.807) is 0 Å². The Morgan fingerprint density at radius 3 is 1.20 bits per heavy atom. The highest BCUT2D eigenvalue weighted by Crippen LogP contribution is 2.37. The van der Waals surface area contributed by atoms with Crippen LogP contribution in [-0.2, 0) is 0 Å². The van der Waals surface area contributed by atoms with Crippen molar-refractivity contribution < 1.29 is 22.0 Å². The molecule has 0 aromatic carbocycles. The third-order valence-corrected chi connectivity index (χ3v) is 2.52. The average molecular weight is 177 g/mol. The summed E-state index contributed by atoms with van der Waals surface area (Å²) in [6.07, 6.45) is -5.37. The van der Waals surface area contributed by atoms with Crippen LogP contribution in [0.15, 0.2) is 0 Å². The second-order valence-electron chi connectivity index (χ2n) is 2.07. The van der Waals surface area contributed by atoms with Gasteiger partial charge in [0.2, 0.25) is 0 Å². The zero-order valence-electron chi connectivity index (χ0n) is 5.39. The van der Waals surface area contributed by atoms with E-state index in [0.717, 1.165) is 13.1 Å². The van der Waals surface area contributed by atoms with Crippen LogP contribution in [0.3, 0.4) is 0 Å². The van der Waals surface area contributed by atoms with Crippen LogP contribution in [0.2, 0.25) is 13.1 Å². The molecule has 1 radical (unpaired) electrons. The summed E-state index contributed by atoms with van der Waals surface area (Å²) in [6.45, 7) is 1.86. The Morgan fingerprint density at radius 2 is 1.20 bits per heavy atom. The van der Waals surface area contributed by atoms with E-state index < -0.39 is 20.5 Å². The monoisotopic (exact) mass is 177 g/mol. The third kappa shape index (κ3) is 1.68. The zero-order chi connectivity index (χ0) is 8.58. The Labute approximate surface area is 56.6 Å². The largest absolute Gasteiger partial charge is 0.448 e. The normalized spacial score (nSPS) is 14.4. The molecule has 0 atom stereocenters. The Morgan fingerprint density at radius 1 is 0.900 bits per heavy atom. The van der Waals surface area contributed by atoms with E-state index in [1.807, 2.05) is 0 Å². The zero-order valence-corrected chi connectivity index (χ0v) is 6.39. The Bertz CT molecular complexity index is 115. The van der Waals surface area contributed by atoms with Crippen molar-refractivity contribution in [2.45, 2.75) is 24.8 Å². The lowest BCUT2D eigenvalue weighted by atomic mass is 10.7. The highest BCUT2D eigenvalue weighted by Gasteiger charge is 2.59. The molecule has 0 heterocycles. The Kier molecular flexibility index (Phi) is 2.45. The standard InChI is InChI=1S/C4H6F5Si/c1-10(2)4(8,9)3(5,6)7/h1-2H3. The molecule has 0 fully saturated rings. The quantitative estimate of drug-likeness (QED) is 0.426. The van der Waals surface area contributed by atoms with Gasteiger partial charge in [0.25, 0.3) is 0 Å². The van der Waals surface area contributed by atoms with Crippen LogP contribution in [0.25, 0.3) is 0 Å². The summed E-state index contributed by atoms with van der Waals surface area (Å²) < 4.78 is 58.0. The van der Waals surface area contributed by atoms with Crippen LogP contribution in [0.4, 0.5) is 22.0 Å². The van der Waals surface area contributed by atoms with Gasteiger partial charge in [0.05, 0.1) is 0 Å². The molecule has 10 heavy (non-hydrogen) atoms. The fourth-order valence-corrected chi connectivity index (χ4v) is 0.850. The van der Waals surface area contributed by atoms with Gasteiger partial charge in [-0.2, -0.15) is 13.2 Å². The van der Waals surface area contributed by atoms with E-state index >= 15 is 0 Å². The fourth-order valence-electron chi connectivity index (χ4n) is 0.283. The summed E-state index contributed by atoms with van der Waals surface area (Å²) in [5.74, 6) is 0. The topological polar surface area (TPSA) is 0 Å². The van der Waals surface area contributed by atoms with Crippen molar-refractivity contribution in [3.05, 3.63) is 0 Å². The number of hydrogen-bond acceptors (Lipinski definition) is 0. The third-order valence-electron chi connectivity index (χ3n) is 0.984. The van der Waals surface area contributed by atoms with Crippen LogP contribution in [0.1, 0.15) is 0 Å². The van der Waals surface area contributed by atoms with Gasteiger partial charge in [-0.1, -0.05) is 13.1 Å². The van der Waals surface area contributed by atoms with Crippen LogP contribution < -0.4 is 0 Å². The van der Waals surface area contributed by atoms with E-state index in [2.05, 4.69) is 0 Å². The minimum atomic E-state index is -5.37. The van der Waals surface area contributed by atoms with Crippen LogP contribution in [0, 0.1) is 0 Å². The van der Waals surface area contributed by atoms with E-state index in [-0.39, 0.29) is 0 Å². The first-order valence-corrected chi connectivity index (χ1v) is 4.94. The lowest BCUT2D eigenvalue weighted by molar-refractivity contribution is -0.245. The van der Waals surface area contributed by atoms with E-state index in [1.165, 1.54) is 0 Å². The van der Waals surface area contributed by atoms with Crippen LogP contribution in [0.5, 0.6) is 0 Å². The molecule has 0 bridgehead atoms. The number of alkyl halides is 5. The molecule has 0 aromatic rings. The minimum absolute atomic E-state index is 0.929. The van der Waals surface area contributed by atoms with Gasteiger partial charge in [-0.25, -0.2) is 8.78 Å². The predicted octanol–water partition coefficient (Wildman–Crippen LogP) is 2.48. The summed E-state index contributed by atoms with van der Waals surface area (Å²) in [4.78, 5) is 0. The van der Waals surface area contributed by atoms with Gasteiger partial charge in [0.1, 0.15) is 8.80 Å². The van der Waals surface area contributed by atoms with E-state index in [0.29, 0.717) is 0 Å². The highest BCUT2D eigenvalue weighted by molar-refractivity contribution is 6.58. The molecule has 0 N–H and O–H groups in total. The van der Waals surface area contributed by atoms with Gasteiger partial charge in [0.15, 0.2) is 0 Å². The van der Waals surface area contributed by atoms with Gasteiger partial charge in [-0.05, 0) is 0 Å². The molecule has 61 valence electrons. The molecular weight excluding hydrogens is 171 g/mol. The molecule has 6 heteroatoms. The number of hydrogen-bond donors (Lipinski definition) is 0. The SMILES string of the molecule is C[Si](C)C(F)(F)C(F)(F)F. The molecule has 0 saturated heterocycles. The molecular formula is C4H6F5Si. The van der Waals surface area contributed by atoms with Gasteiger partial charge < -0.3 is 0 Å². The van der Waals surface area contributed by atoms with Crippen molar-refractivity contribution >= 4 is 8.80 Å². The predicted molar refractivity (Wildman–Crippen MR) is 28.5 cm³/mol. The second-order valence-corrected chi connectivity index (χ2v) is 4.70. The fraction of sp³-hybridized carbons (Fsp3) is 1.00.